The van der Waals surface area contributed by atoms with Crippen molar-refractivity contribution in [3.8, 4) is 0 Å². The predicted molar refractivity (Wildman–Crippen MR) is 74.1 cm³/mol. The summed E-state index contributed by atoms with van der Waals surface area (Å²) in [6, 6.07) is 1.56. The molecule has 0 spiro atoms. The summed E-state index contributed by atoms with van der Waals surface area (Å²) in [4.78, 5) is 0. The maximum absolute atomic E-state index is 3.90. The zero-order valence-corrected chi connectivity index (χ0v) is 11.7. The lowest BCUT2D eigenvalue weighted by molar-refractivity contribution is 0.218. The van der Waals surface area contributed by atoms with E-state index in [1.807, 2.05) is 0 Å². The Morgan fingerprint density at radius 3 is 2.56 bits per heavy atom. The van der Waals surface area contributed by atoms with Crippen LogP contribution >= 0.6 is 11.8 Å². The van der Waals surface area contributed by atoms with E-state index >= 15 is 0 Å². The second kappa shape index (κ2) is 6.30. The van der Waals surface area contributed by atoms with E-state index in [9.17, 15) is 0 Å². The number of nitrogens with one attached hydrogen (secondary N) is 1. The first kappa shape index (κ1) is 12.8. The van der Waals surface area contributed by atoms with Crippen molar-refractivity contribution in [3.63, 3.8) is 0 Å². The zero-order valence-electron chi connectivity index (χ0n) is 10.9. The van der Waals surface area contributed by atoms with Crippen molar-refractivity contribution in [2.75, 3.05) is 11.5 Å². The van der Waals surface area contributed by atoms with Gasteiger partial charge >= 0.3 is 0 Å². The molecule has 1 saturated heterocycles. The van der Waals surface area contributed by atoms with Gasteiger partial charge in [-0.2, -0.15) is 11.8 Å². The minimum atomic E-state index is 0.746. The molecule has 1 aliphatic carbocycles. The summed E-state index contributed by atoms with van der Waals surface area (Å²) in [5.74, 6) is 4.64. The third-order valence-electron chi connectivity index (χ3n) is 4.40. The molecule has 0 aromatic heterocycles. The lowest BCUT2D eigenvalue weighted by atomic mass is 9.79. The SMILES string of the molecule is CC1CCCC(C(C)NC2CCSCC2)C1. The van der Waals surface area contributed by atoms with E-state index in [-0.39, 0.29) is 0 Å². The highest BCUT2D eigenvalue weighted by atomic mass is 32.2. The van der Waals surface area contributed by atoms with Crippen LogP contribution in [0, 0.1) is 11.8 Å². The molecular formula is C14H27NS. The third kappa shape index (κ3) is 3.66. The number of hydrogen-bond acceptors (Lipinski definition) is 2. The van der Waals surface area contributed by atoms with Gasteiger partial charge in [0.05, 0.1) is 0 Å². The molecule has 0 bridgehead atoms. The van der Waals surface area contributed by atoms with Crippen molar-refractivity contribution in [1.82, 2.24) is 5.32 Å². The summed E-state index contributed by atoms with van der Waals surface area (Å²) in [5.41, 5.74) is 0. The molecule has 0 radical (unpaired) electrons. The lowest BCUT2D eigenvalue weighted by Gasteiger charge is -2.35. The minimum Gasteiger partial charge on any atom is -0.311 e. The molecule has 2 fully saturated rings. The zero-order chi connectivity index (χ0) is 11.4. The molecule has 1 saturated carbocycles. The van der Waals surface area contributed by atoms with Gasteiger partial charge in [0.2, 0.25) is 0 Å². The molecule has 16 heavy (non-hydrogen) atoms. The smallest absolute Gasteiger partial charge is 0.00853 e. The fraction of sp³-hybridized carbons (Fsp3) is 1.00. The fourth-order valence-corrected chi connectivity index (χ4v) is 4.41. The first-order valence-corrected chi connectivity index (χ1v) is 8.25. The molecular weight excluding hydrogens is 214 g/mol. The van der Waals surface area contributed by atoms with E-state index in [2.05, 4.69) is 30.9 Å². The van der Waals surface area contributed by atoms with Crippen molar-refractivity contribution in [2.24, 2.45) is 11.8 Å². The van der Waals surface area contributed by atoms with Crippen LogP contribution in [-0.2, 0) is 0 Å². The Balaban J connectivity index is 1.75. The van der Waals surface area contributed by atoms with Crippen LogP contribution in [0.1, 0.15) is 52.4 Å². The Hall–Kier alpha value is 0.310. The van der Waals surface area contributed by atoms with E-state index in [0.29, 0.717) is 0 Å². The van der Waals surface area contributed by atoms with E-state index < -0.39 is 0 Å². The fourth-order valence-electron chi connectivity index (χ4n) is 3.31. The van der Waals surface area contributed by atoms with Crippen molar-refractivity contribution in [2.45, 2.75) is 64.5 Å². The molecule has 0 aromatic rings. The number of hydrogen-bond donors (Lipinski definition) is 1. The third-order valence-corrected chi connectivity index (χ3v) is 5.45. The maximum atomic E-state index is 3.90. The molecule has 3 unspecified atom stereocenters. The van der Waals surface area contributed by atoms with Crippen molar-refractivity contribution in [3.05, 3.63) is 0 Å². The normalized spacial score (nSPS) is 34.9. The van der Waals surface area contributed by atoms with Crippen LogP contribution in [0.3, 0.4) is 0 Å². The molecule has 1 nitrogen and oxygen atoms in total. The summed E-state index contributed by atoms with van der Waals surface area (Å²) >= 11 is 2.12. The second-order valence-electron chi connectivity index (χ2n) is 5.87. The van der Waals surface area contributed by atoms with Gasteiger partial charge in [-0.3, -0.25) is 0 Å². The van der Waals surface area contributed by atoms with Gasteiger partial charge in [-0.1, -0.05) is 19.8 Å². The van der Waals surface area contributed by atoms with Crippen LogP contribution in [0.15, 0.2) is 0 Å². The Morgan fingerprint density at radius 1 is 1.12 bits per heavy atom. The van der Waals surface area contributed by atoms with Crippen LogP contribution in [0.25, 0.3) is 0 Å². The summed E-state index contributed by atoms with van der Waals surface area (Å²) in [6.45, 7) is 4.85. The molecule has 94 valence electrons. The maximum Gasteiger partial charge on any atom is 0.00853 e. The standard InChI is InChI=1S/C14H27NS/c1-11-4-3-5-13(10-11)12(2)15-14-6-8-16-9-7-14/h11-15H,3-10H2,1-2H3. The van der Waals surface area contributed by atoms with E-state index in [4.69, 9.17) is 0 Å². The van der Waals surface area contributed by atoms with Crippen molar-refractivity contribution >= 4 is 11.8 Å². The van der Waals surface area contributed by atoms with Gasteiger partial charge in [0.25, 0.3) is 0 Å². The van der Waals surface area contributed by atoms with Crippen molar-refractivity contribution < 1.29 is 0 Å². The Labute approximate surface area is 105 Å². The first-order chi connectivity index (χ1) is 7.75. The van der Waals surface area contributed by atoms with Gasteiger partial charge in [0.1, 0.15) is 0 Å². The molecule has 2 heteroatoms. The van der Waals surface area contributed by atoms with Gasteiger partial charge < -0.3 is 5.32 Å². The monoisotopic (exact) mass is 241 g/mol. The first-order valence-electron chi connectivity index (χ1n) is 7.09. The van der Waals surface area contributed by atoms with Gasteiger partial charge in [0, 0.05) is 12.1 Å². The van der Waals surface area contributed by atoms with Crippen LogP contribution in [0.4, 0.5) is 0 Å². The topological polar surface area (TPSA) is 12.0 Å². The number of thioether (sulfide) groups is 1. The highest BCUT2D eigenvalue weighted by Crippen LogP contribution is 2.31. The number of rotatable bonds is 3. The molecule has 2 aliphatic rings. The summed E-state index contributed by atoms with van der Waals surface area (Å²) in [7, 11) is 0. The van der Waals surface area contributed by atoms with Crippen molar-refractivity contribution in [1.29, 1.82) is 0 Å². The average Bonchev–Trinajstić information content (AvgIpc) is 2.30. The molecule has 0 aromatic carbocycles. The Bertz CT molecular complexity index is 201. The van der Waals surface area contributed by atoms with Gasteiger partial charge in [-0.25, -0.2) is 0 Å². The molecule has 2 rings (SSSR count). The van der Waals surface area contributed by atoms with Crippen LogP contribution in [0.5, 0.6) is 0 Å². The highest BCUT2D eigenvalue weighted by Gasteiger charge is 2.25. The van der Waals surface area contributed by atoms with Gasteiger partial charge in [-0.15, -0.1) is 0 Å². The molecule has 3 atom stereocenters. The highest BCUT2D eigenvalue weighted by molar-refractivity contribution is 7.99. The van der Waals surface area contributed by atoms with E-state index in [1.54, 1.807) is 0 Å². The Kier molecular flexibility index (Phi) is 5.02. The second-order valence-corrected chi connectivity index (χ2v) is 7.10. The minimum absolute atomic E-state index is 0.746. The average molecular weight is 241 g/mol. The van der Waals surface area contributed by atoms with Crippen LogP contribution in [0.2, 0.25) is 0 Å². The molecule has 0 amide bonds. The van der Waals surface area contributed by atoms with E-state index in [1.165, 1.54) is 50.0 Å². The lowest BCUT2D eigenvalue weighted by Crippen LogP contribution is -2.43. The Morgan fingerprint density at radius 2 is 1.88 bits per heavy atom. The predicted octanol–water partition coefficient (Wildman–Crippen LogP) is 3.69. The molecule has 1 aliphatic heterocycles. The van der Waals surface area contributed by atoms with Gasteiger partial charge in [0.15, 0.2) is 0 Å². The largest absolute Gasteiger partial charge is 0.311 e. The quantitative estimate of drug-likeness (QED) is 0.809. The van der Waals surface area contributed by atoms with E-state index in [0.717, 1.165) is 23.9 Å². The summed E-state index contributed by atoms with van der Waals surface area (Å²) in [5, 5.41) is 3.90. The summed E-state index contributed by atoms with van der Waals surface area (Å²) < 4.78 is 0. The van der Waals surface area contributed by atoms with Crippen LogP contribution in [-0.4, -0.2) is 23.6 Å². The molecule has 1 heterocycles. The molecule has 1 N–H and O–H groups in total. The summed E-state index contributed by atoms with van der Waals surface area (Å²) in [6.07, 6.45) is 8.60. The van der Waals surface area contributed by atoms with Crippen LogP contribution < -0.4 is 5.32 Å². The van der Waals surface area contributed by atoms with Gasteiger partial charge in [-0.05, 0) is 55.9 Å².